The molecule has 5 heteroatoms. The average Bonchev–Trinajstić information content (AvgIpc) is 3.12. The SMILES string of the molecule is NC1CCCN(C(=O)c2cn(Cc3ccccc3)nc2-c2ccccc2)C1. The summed E-state index contributed by atoms with van der Waals surface area (Å²) in [5, 5.41) is 4.75. The van der Waals surface area contributed by atoms with Gasteiger partial charge >= 0.3 is 0 Å². The Balaban J connectivity index is 1.69. The second-order valence-corrected chi connectivity index (χ2v) is 7.09. The van der Waals surface area contributed by atoms with E-state index in [1.54, 1.807) is 0 Å². The van der Waals surface area contributed by atoms with Crippen LogP contribution in [0.3, 0.4) is 0 Å². The second-order valence-electron chi connectivity index (χ2n) is 7.09. The molecule has 27 heavy (non-hydrogen) atoms. The number of rotatable bonds is 4. The number of hydrogen-bond donors (Lipinski definition) is 1. The number of benzene rings is 2. The summed E-state index contributed by atoms with van der Waals surface area (Å²) in [5.41, 5.74) is 9.56. The molecule has 2 aromatic carbocycles. The molecule has 1 unspecified atom stereocenters. The van der Waals surface area contributed by atoms with Crippen molar-refractivity contribution in [3.05, 3.63) is 78.0 Å². The zero-order valence-electron chi connectivity index (χ0n) is 15.3. The summed E-state index contributed by atoms with van der Waals surface area (Å²) in [4.78, 5) is 15.1. The van der Waals surface area contributed by atoms with Gasteiger partial charge in [0.2, 0.25) is 0 Å². The van der Waals surface area contributed by atoms with E-state index in [1.807, 2.05) is 64.3 Å². The van der Waals surface area contributed by atoms with Gasteiger partial charge < -0.3 is 10.6 Å². The number of hydrogen-bond acceptors (Lipinski definition) is 3. The normalized spacial score (nSPS) is 17.1. The summed E-state index contributed by atoms with van der Waals surface area (Å²) in [6.07, 6.45) is 3.80. The van der Waals surface area contributed by atoms with Crippen molar-refractivity contribution in [2.75, 3.05) is 13.1 Å². The largest absolute Gasteiger partial charge is 0.337 e. The van der Waals surface area contributed by atoms with Gasteiger partial charge in [0.25, 0.3) is 5.91 Å². The van der Waals surface area contributed by atoms with E-state index in [2.05, 4.69) is 12.1 Å². The topological polar surface area (TPSA) is 64.2 Å². The summed E-state index contributed by atoms with van der Waals surface area (Å²) < 4.78 is 1.86. The number of piperidine rings is 1. The number of nitrogens with zero attached hydrogens (tertiary/aromatic N) is 3. The van der Waals surface area contributed by atoms with E-state index in [0.29, 0.717) is 18.7 Å². The van der Waals surface area contributed by atoms with Gasteiger partial charge in [0.05, 0.1) is 12.1 Å². The predicted octanol–water partition coefficient (Wildman–Crippen LogP) is 3.16. The van der Waals surface area contributed by atoms with Crippen LogP contribution in [0.15, 0.2) is 66.9 Å². The maximum absolute atomic E-state index is 13.2. The van der Waals surface area contributed by atoms with E-state index < -0.39 is 0 Å². The molecule has 1 atom stereocenters. The van der Waals surface area contributed by atoms with E-state index in [4.69, 9.17) is 10.8 Å². The van der Waals surface area contributed by atoms with Crippen LogP contribution in [-0.2, 0) is 6.54 Å². The molecule has 1 aliphatic heterocycles. The minimum atomic E-state index is 0.0170. The molecule has 1 amide bonds. The number of nitrogens with two attached hydrogens (primary N) is 1. The van der Waals surface area contributed by atoms with Gasteiger partial charge in [0.15, 0.2) is 0 Å². The third-order valence-electron chi connectivity index (χ3n) is 4.97. The molecule has 0 radical (unpaired) electrons. The molecule has 1 aromatic heterocycles. The minimum Gasteiger partial charge on any atom is -0.337 e. The van der Waals surface area contributed by atoms with Gasteiger partial charge in [-0.1, -0.05) is 60.7 Å². The highest BCUT2D eigenvalue weighted by Gasteiger charge is 2.26. The molecule has 4 rings (SSSR count). The molecule has 2 N–H and O–H groups in total. The van der Waals surface area contributed by atoms with Gasteiger partial charge in [-0.2, -0.15) is 5.10 Å². The van der Waals surface area contributed by atoms with Crippen LogP contribution in [0, 0.1) is 0 Å². The first-order valence-electron chi connectivity index (χ1n) is 9.42. The van der Waals surface area contributed by atoms with Crippen LogP contribution in [0.4, 0.5) is 0 Å². The van der Waals surface area contributed by atoms with Crippen LogP contribution < -0.4 is 5.73 Å². The molecule has 3 aromatic rings. The smallest absolute Gasteiger partial charge is 0.257 e. The number of aromatic nitrogens is 2. The maximum atomic E-state index is 13.2. The first kappa shape index (κ1) is 17.5. The molecule has 5 nitrogen and oxygen atoms in total. The fourth-order valence-electron chi connectivity index (χ4n) is 3.60. The molecular weight excluding hydrogens is 336 g/mol. The van der Waals surface area contributed by atoms with Crippen LogP contribution in [-0.4, -0.2) is 39.7 Å². The lowest BCUT2D eigenvalue weighted by Gasteiger charge is -2.30. The molecule has 0 spiro atoms. The van der Waals surface area contributed by atoms with Crippen molar-refractivity contribution in [1.82, 2.24) is 14.7 Å². The fourth-order valence-corrected chi connectivity index (χ4v) is 3.60. The number of amides is 1. The molecule has 0 bridgehead atoms. The Hall–Kier alpha value is -2.92. The van der Waals surface area contributed by atoms with Gasteiger partial charge in [-0.05, 0) is 18.4 Å². The highest BCUT2D eigenvalue weighted by Crippen LogP contribution is 2.25. The first-order valence-corrected chi connectivity index (χ1v) is 9.42. The fraction of sp³-hybridized carbons (Fsp3) is 0.273. The van der Waals surface area contributed by atoms with Crippen LogP contribution in [0.2, 0.25) is 0 Å². The molecule has 1 fully saturated rings. The monoisotopic (exact) mass is 360 g/mol. The molecule has 0 aliphatic carbocycles. The summed E-state index contributed by atoms with van der Waals surface area (Å²) in [5.74, 6) is 0.0170. The van der Waals surface area contributed by atoms with Gasteiger partial charge in [-0.3, -0.25) is 9.48 Å². The van der Waals surface area contributed by atoms with E-state index in [1.165, 1.54) is 0 Å². The van der Waals surface area contributed by atoms with Crippen LogP contribution >= 0.6 is 0 Å². The van der Waals surface area contributed by atoms with E-state index in [-0.39, 0.29) is 11.9 Å². The van der Waals surface area contributed by atoms with Gasteiger partial charge in [0.1, 0.15) is 5.69 Å². The lowest BCUT2D eigenvalue weighted by molar-refractivity contribution is 0.0709. The van der Waals surface area contributed by atoms with Crippen molar-refractivity contribution in [2.24, 2.45) is 5.73 Å². The second kappa shape index (κ2) is 7.76. The summed E-state index contributed by atoms with van der Waals surface area (Å²) in [6.45, 7) is 2.00. The van der Waals surface area contributed by atoms with Crippen LogP contribution in [0.1, 0.15) is 28.8 Å². The Morgan fingerprint density at radius 2 is 1.78 bits per heavy atom. The van der Waals surface area contributed by atoms with Crippen LogP contribution in [0.5, 0.6) is 0 Å². The zero-order valence-corrected chi connectivity index (χ0v) is 15.3. The van der Waals surface area contributed by atoms with E-state index >= 15 is 0 Å². The Morgan fingerprint density at radius 1 is 1.07 bits per heavy atom. The third-order valence-corrected chi connectivity index (χ3v) is 4.97. The minimum absolute atomic E-state index is 0.0170. The molecule has 1 aliphatic rings. The van der Waals surface area contributed by atoms with E-state index in [9.17, 15) is 4.79 Å². The average molecular weight is 360 g/mol. The van der Waals surface area contributed by atoms with Crippen molar-refractivity contribution in [1.29, 1.82) is 0 Å². The van der Waals surface area contributed by atoms with Crippen molar-refractivity contribution >= 4 is 5.91 Å². The Morgan fingerprint density at radius 3 is 2.48 bits per heavy atom. The Kier molecular flexibility index (Phi) is 5.03. The van der Waals surface area contributed by atoms with Crippen molar-refractivity contribution in [3.63, 3.8) is 0 Å². The summed E-state index contributed by atoms with van der Waals surface area (Å²) in [6, 6.07) is 20.1. The highest BCUT2D eigenvalue weighted by atomic mass is 16.2. The number of likely N-dealkylation sites (tertiary alicyclic amines) is 1. The first-order chi connectivity index (χ1) is 13.2. The van der Waals surface area contributed by atoms with E-state index in [0.717, 1.165) is 36.2 Å². The zero-order chi connectivity index (χ0) is 18.6. The summed E-state index contributed by atoms with van der Waals surface area (Å²) in [7, 11) is 0. The van der Waals surface area contributed by atoms with Crippen molar-refractivity contribution in [3.8, 4) is 11.3 Å². The lowest BCUT2D eigenvalue weighted by atomic mass is 10.0. The Labute approximate surface area is 159 Å². The van der Waals surface area contributed by atoms with Crippen molar-refractivity contribution in [2.45, 2.75) is 25.4 Å². The molecule has 0 saturated carbocycles. The molecule has 138 valence electrons. The highest BCUT2D eigenvalue weighted by molar-refractivity contribution is 5.99. The molecule has 1 saturated heterocycles. The molecular formula is C22H24N4O. The van der Waals surface area contributed by atoms with Gasteiger partial charge in [0, 0.05) is 30.9 Å². The van der Waals surface area contributed by atoms with Crippen molar-refractivity contribution < 1.29 is 4.79 Å². The number of carbonyl (C=O) groups excluding carboxylic acids is 1. The Bertz CT molecular complexity index is 905. The standard InChI is InChI=1S/C22H24N4O/c23-19-12-7-13-25(15-19)22(27)20-16-26(14-17-8-3-1-4-9-17)24-21(20)18-10-5-2-6-11-18/h1-6,8-11,16,19H,7,12-15,23H2. The molecule has 2 heterocycles. The third kappa shape index (κ3) is 3.93. The van der Waals surface area contributed by atoms with Gasteiger partial charge in [-0.15, -0.1) is 0 Å². The predicted molar refractivity (Wildman–Crippen MR) is 106 cm³/mol. The lowest BCUT2D eigenvalue weighted by Crippen LogP contribution is -2.45. The maximum Gasteiger partial charge on any atom is 0.257 e. The van der Waals surface area contributed by atoms with Crippen LogP contribution in [0.25, 0.3) is 11.3 Å². The number of carbonyl (C=O) groups is 1. The van der Waals surface area contributed by atoms with Gasteiger partial charge in [-0.25, -0.2) is 0 Å². The summed E-state index contributed by atoms with van der Waals surface area (Å²) >= 11 is 0. The quantitative estimate of drug-likeness (QED) is 0.777.